The molecule has 8 nitrogen and oxygen atoms in total. The van der Waals surface area contributed by atoms with Crippen LogP contribution in [0.25, 0.3) is 0 Å². The number of aromatic amines is 1. The molecule has 1 aromatic rings. The highest BCUT2D eigenvalue weighted by atomic mass is 16.5. The highest BCUT2D eigenvalue weighted by molar-refractivity contribution is 5.61. The molecule has 0 saturated carbocycles. The summed E-state index contributed by atoms with van der Waals surface area (Å²) in [4.78, 5) is 16.5. The Hall–Kier alpha value is -1.80. The van der Waals surface area contributed by atoms with Crippen molar-refractivity contribution in [1.82, 2.24) is 9.97 Å². The highest BCUT2D eigenvalue weighted by Crippen LogP contribution is 2.11. The summed E-state index contributed by atoms with van der Waals surface area (Å²) in [5, 5.41) is 16.8. The van der Waals surface area contributed by atoms with Crippen LogP contribution in [0.2, 0.25) is 0 Å². The average molecular weight is 174 g/mol. The van der Waals surface area contributed by atoms with E-state index in [0.717, 1.165) is 0 Å². The molecule has 7 N–H and O–H groups in total. The monoisotopic (exact) mass is 174 g/mol. The summed E-state index contributed by atoms with van der Waals surface area (Å²) >= 11 is 0. The third-order valence-electron chi connectivity index (χ3n) is 1.16. The van der Waals surface area contributed by atoms with Gasteiger partial charge in [-0.3, -0.25) is 31.2 Å². The molecule has 0 bridgehead atoms. The van der Waals surface area contributed by atoms with E-state index < -0.39 is 5.56 Å². The minimum Gasteiger partial charge on any atom is -0.369 e. The van der Waals surface area contributed by atoms with E-state index in [4.69, 9.17) is 16.1 Å². The summed E-state index contributed by atoms with van der Waals surface area (Å²) in [6.45, 7) is 0. The Kier molecular flexibility index (Phi) is 2.12. The lowest BCUT2D eigenvalue weighted by Gasteiger charge is -2.04. The maximum atomic E-state index is 10.9. The second kappa shape index (κ2) is 3.07. The van der Waals surface area contributed by atoms with Gasteiger partial charge < -0.3 is 5.73 Å². The van der Waals surface area contributed by atoms with E-state index >= 15 is 0 Å². The number of nitrogen functional groups attached to an aromatic ring is 1. The summed E-state index contributed by atoms with van der Waals surface area (Å²) in [6, 6.07) is 0. The lowest BCUT2D eigenvalue weighted by atomic mass is 10.5. The van der Waals surface area contributed by atoms with Crippen molar-refractivity contribution in [2.24, 2.45) is 0 Å². The first-order valence-electron chi connectivity index (χ1n) is 2.89. The first kappa shape index (κ1) is 8.30. The van der Waals surface area contributed by atoms with Crippen molar-refractivity contribution in [2.75, 3.05) is 16.7 Å². The second-order valence-electron chi connectivity index (χ2n) is 1.90. The standard InChI is InChI=1S/C4H7N5O3/c5-4-6-2(9-12)1(8-11)3(10)7-4/h8,11-12H,(H4,5,6,7,9,10)/i4+1,5+0,6+0,7+0. The van der Waals surface area contributed by atoms with Crippen LogP contribution in [0.4, 0.5) is 17.5 Å². The quantitative estimate of drug-likeness (QED) is 0.315. The SMILES string of the molecule is [14NH2][13c]1[14n]c(NO)c(NO)c(=O)[14nH]1. The van der Waals surface area contributed by atoms with Crippen molar-refractivity contribution in [3.05, 3.63) is 10.4 Å². The van der Waals surface area contributed by atoms with E-state index in [1.807, 2.05) is 0 Å². The van der Waals surface area contributed by atoms with E-state index in [1.165, 1.54) is 0 Å². The van der Waals surface area contributed by atoms with Gasteiger partial charge in [0.05, 0.1) is 0 Å². The average Bonchev–Trinajstić information content (AvgIpc) is 2.03. The Morgan fingerprint density at radius 1 is 1.42 bits per heavy atom. The Labute approximate surface area is 66.0 Å². The zero-order valence-corrected chi connectivity index (χ0v) is 5.83. The van der Waals surface area contributed by atoms with Gasteiger partial charge in [0.2, 0.25) is 5.95 Å². The molecular formula is C4H7N5O3. The van der Waals surface area contributed by atoms with Gasteiger partial charge in [-0.05, 0) is 0 Å². The molecule has 0 amide bonds. The molecule has 0 aliphatic rings. The van der Waals surface area contributed by atoms with E-state index in [1.54, 1.807) is 11.0 Å². The number of anilines is 3. The van der Waals surface area contributed by atoms with Crippen LogP contribution >= 0.6 is 0 Å². The number of aromatic nitrogens is 2. The fourth-order valence-electron chi connectivity index (χ4n) is 0.675. The van der Waals surface area contributed by atoms with Crippen LogP contribution in [-0.2, 0) is 0 Å². The van der Waals surface area contributed by atoms with Gasteiger partial charge in [0.15, 0.2) is 11.5 Å². The fraction of sp³-hybridized carbons (Fsp3) is 0. The normalized spacial score (nSPS) is 9.50. The van der Waals surface area contributed by atoms with Crippen LogP contribution < -0.4 is 22.3 Å². The van der Waals surface area contributed by atoms with Crippen LogP contribution in [0.1, 0.15) is 0 Å². The molecule has 0 saturated heterocycles. The fourth-order valence-corrected chi connectivity index (χ4v) is 0.675. The molecule has 0 aromatic carbocycles. The van der Waals surface area contributed by atoms with Gasteiger partial charge in [-0.1, -0.05) is 0 Å². The van der Waals surface area contributed by atoms with E-state index in [9.17, 15) is 4.79 Å². The van der Waals surface area contributed by atoms with Crippen LogP contribution in [-0.4, -0.2) is 20.4 Å². The number of rotatable bonds is 2. The van der Waals surface area contributed by atoms with Crippen LogP contribution in [0.15, 0.2) is 4.79 Å². The number of nitrogens with zero attached hydrogens (tertiary/aromatic N) is 1. The Balaban J connectivity index is 3.34. The topological polar surface area (TPSA) is 136 Å². The lowest BCUT2D eigenvalue weighted by Crippen LogP contribution is -2.18. The molecule has 1 heterocycles. The zero-order valence-electron chi connectivity index (χ0n) is 5.83. The number of hydrogen-bond acceptors (Lipinski definition) is 7. The van der Waals surface area contributed by atoms with Crippen molar-refractivity contribution < 1.29 is 10.4 Å². The van der Waals surface area contributed by atoms with Gasteiger partial charge in [-0.15, -0.1) is 0 Å². The summed E-state index contributed by atoms with van der Waals surface area (Å²) in [5.41, 5.74) is 7.28. The molecule has 1 aromatic heterocycles. The molecule has 0 aliphatic carbocycles. The molecule has 0 spiro atoms. The molecule has 66 valence electrons. The van der Waals surface area contributed by atoms with Crippen molar-refractivity contribution in [1.29, 1.82) is 0 Å². The summed E-state index contributed by atoms with van der Waals surface area (Å²) < 4.78 is 0. The Morgan fingerprint density at radius 3 is 2.58 bits per heavy atom. The van der Waals surface area contributed by atoms with Gasteiger partial charge in [0.1, 0.15) is 0 Å². The second-order valence-corrected chi connectivity index (χ2v) is 1.90. The molecule has 0 aliphatic heterocycles. The first-order valence-corrected chi connectivity index (χ1v) is 2.89. The van der Waals surface area contributed by atoms with Crippen LogP contribution in [0.5, 0.6) is 0 Å². The Morgan fingerprint density at radius 2 is 2.08 bits per heavy atom. The van der Waals surface area contributed by atoms with E-state index in [2.05, 4.69) is 9.97 Å². The number of nitrogens with one attached hydrogen (secondary N) is 3. The maximum Gasteiger partial charge on any atom is 0.280 e. The Bertz CT molecular complexity index is 334. The smallest absolute Gasteiger partial charge is 0.280 e. The van der Waals surface area contributed by atoms with E-state index in [-0.39, 0.29) is 17.5 Å². The van der Waals surface area contributed by atoms with Gasteiger partial charge in [0.25, 0.3) is 5.56 Å². The lowest BCUT2D eigenvalue weighted by molar-refractivity contribution is 0.374. The van der Waals surface area contributed by atoms with Crippen LogP contribution in [0, 0.1) is 0 Å². The molecule has 8 heteroatoms. The molecule has 0 unspecified atom stereocenters. The predicted octanol–water partition coefficient (Wildman–Crippen LogP) is -1.05. The number of H-pyrrole nitrogens is 1. The van der Waals surface area contributed by atoms with Gasteiger partial charge in [-0.25, -0.2) is 0 Å². The van der Waals surface area contributed by atoms with Gasteiger partial charge >= 0.3 is 0 Å². The molecular weight excluding hydrogens is 167 g/mol. The summed E-state index contributed by atoms with van der Waals surface area (Å²) in [6.07, 6.45) is 0. The summed E-state index contributed by atoms with van der Waals surface area (Å²) in [5.74, 6) is -0.422. The number of nitrogens with two attached hydrogens (primary N) is 1. The van der Waals surface area contributed by atoms with Crippen molar-refractivity contribution in [2.45, 2.75) is 0 Å². The van der Waals surface area contributed by atoms with Crippen molar-refractivity contribution in [3.63, 3.8) is 0 Å². The van der Waals surface area contributed by atoms with Gasteiger partial charge in [0, 0.05) is 0 Å². The van der Waals surface area contributed by atoms with E-state index in [0.29, 0.717) is 0 Å². The molecule has 1 rings (SSSR count). The highest BCUT2D eigenvalue weighted by Gasteiger charge is 2.07. The minimum absolute atomic E-state index is 0.171. The van der Waals surface area contributed by atoms with Crippen LogP contribution in [0.3, 0.4) is 0 Å². The number of hydrogen-bond donors (Lipinski definition) is 6. The van der Waals surface area contributed by atoms with Crippen molar-refractivity contribution in [3.8, 4) is 0 Å². The molecule has 0 radical (unpaired) electrons. The molecule has 0 fully saturated rings. The van der Waals surface area contributed by atoms with Gasteiger partial charge in [-0.2, -0.15) is 4.98 Å². The molecule has 12 heavy (non-hydrogen) atoms. The van der Waals surface area contributed by atoms with Crippen molar-refractivity contribution >= 4 is 17.5 Å². The molecule has 0 atom stereocenters. The first-order chi connectivity index (χ1) is 5.69. The largest absolute Gasteiger partial charge is 0.369 e. The summed E-state index contributed by atoms with van der Waals surface area (Å²) in [7, 11) is 0. The minimum atomic E-state index is -0.693. The third-order valence-corrected chi connectivity index (χ3v) is 1.16. The predicted molar refractivity (Wildman–Crippen MR) is 40.1 cm³/mol. The zero-order chi connectivity index (χ0) is 9.14. The maximum absolute atomic E-state index is 10.9. The third kappa shape index (κ3) is 1.28.